The van der Waals surface area contributed by atoms with Crippen molar-refractivity contribution in [3.05, 3.63) is 33.6 Å². The highest BCUT2D eigenvalue weighted by Crippen LogP contribution is 2.32. The maximum Gasteiger partial charge on any atom is 0.257 e. The number of nitrogens with two attached hydrogens (primary N) is 2. The second kappa shape index (κ2) is 11.1. The summed E-state index contributed by atoms with van der Waals surface area (Å²) in [5.41, 5.74) is 12.5. The first-order valence-electron chi connectivity index (χ1n) is 12.8. The van der Waals surface area contributed by atoms with Crippen molar-refractivity contribution in [2.45, 2.75) is 45.2 Å². The van der Waals surface area contributed by atoms with Gasteiger partial charge in [-0.15, -0.1) is 10.2 Å². The summed E-state index contributed by atoms with van der Waals surface area (Å²) in [4.78, 5) is 35.1. The molecule has 3 aromatic rings. The van der Waals surface area contributed by atoms with E-state index in [1.165, 1.54) is 0 Å². The number of nitrogen functional groups attached to an aromatic ring is 2. The zero-order valence-electron chi connectivity index (χ0n) is 21.7. The van der Waals surface area contributed by atoms with Gasteiger partial charge in [0.2, 0.25) is 0 Å². The predicted octanol–water partition coefficient (Wildman–Crippen LogP) is 2.78. The second-order valence-electron chi connectivity index (χ2n) is 9.79. The third-order valence-electron chi connectivity index (χ3n) is 7.40. The minimum atomic E-state index is -0.762. The number of halogens is 3. The number of pyridine rings is 1. The molecule has 12 nitrogen and oxygen atoms in total. The molecule has 5 N–H and O–H groups in total. The average molecular weight is 578 g/mol. The maximum atomic E-state index is 13.9. The largest absolute Gasteiger partial charge is 0.383 e. The number of aromatic nitrogens is 6. The van der Waals surface area contributed by atoms with Crippen molar-refractivity contribution in [2.75, 3.05) is 49.1 Å². The van der Waals surface area contributed by atoms with Crippen molar-refractivity contribution < 1.29 is 9.18 Å². The summed E-state index contributed by atoms with van der Waals surface area (Å²) >= 11 is 12.2. The molecule has 39 heavy (non-hydrogen) atoms. The zero-order valence-corrected chi connectivity index (χ0v) is 23.2. The Morgan fingerprint density at radius 3 is 2.49 bits per heavy atom. The smallest absolute Gasteiger partial charge is 0.257 e. The SMILES string of the molecule is CC[C@H]1CN(c2nc(N)c(-c3nnc(C)[nH]3)nc2Cl)CCN1C1CCN(C(=O)c2cc(F)c(Cl)nc2N)CC1. The highest BCUT2D eigenvalue weighted by molar-refractivity contribution is 6.32. The summed E-state index contributed by atoms with van der Waals surface area (Å²) in [6, 6.07) is 1.62. The number of hydrogen-bond donors (Lipinski definition) is 3. The van der Waals surface area contributed by atoms with Crippen molar-refractivity contribution in [1.29, 1.82) is 0 Å². The van der Waals surface area contributed by atoms with Gasteiger partial charge in [0.25, 0.3) is 5.91 Å². The van der Waals surface area contributed by atoms with E-state index < -0.39 is 5.82 Å². The fourth-order valence-corrected chi connectivity index (χ4v) is 5.77. The van der Waals surface area contributed by atoms with Crippen molar-refractivity contribution in [2.24, 2.45) is 0 Å². The average Bonchev–Trinajstić information content (AvgIpc) is 3.37. The molecule has 5 heterocycles. The third kappa shape index (κ3) is 5.43. The summed E-state index contributed by atoms with van der Waals surface area (Å²) in [5, 5.41) is 7.91. The summed E-state index contributed by atoms with van der Waals surface area (Å²) in [6.45, 7) is 7.25. The number of H-pyrrole nitrogens is 1. The van der Waals surface area contributed by atoms with Crippen LogP contribution in [0.25, 0.3) is 11.5 Å². The van der Waals surface area contributed by atoms with E-state index in [1.807, 2.05) is 0 Å². The number of carbonyl (C=O) groups is 1. The van der Waals surface area contributed by atoms with Crippen LogP contribution in [0.4, 0.5) is 21.8 Å². The van der Waals surface area contributed by atoms with Crippen LogP contribution in [0.2, 0.25) is 10.3 Å². The van der Waals surface area contributed by atoms with Gasteiger partial charge in [-0.1, -0.05) is 30.1 Å². The first kappa shape index (κ1) is 27.3. The number of nitrogens with zero attached hydrogens (tertiary/aromatic N) is 8. The quantitative estimate of drug-likeness (QED) is 0.384. The van der Waals surface area contributed by atoms with Crippen LogP contribution in [0.1, 0.15) is 42.4 Å². The van der Waals surface area contributed by atoms with Crippen molar-refractivity contribution >= 4 is 46.6 Å². The zero-order chi connectivity index (χ0) is 27.8. The molecule has 1 amide bonds. The van der Waals surface area contributed by atoms with E-state index in [0.717, 1.165) is 38.4 Å². The van der Waals surface area contributed by atoms with E-state index in [1.54, 1.807) is 11.8 Å². The number of anilines is 3. The van der Waals surface area contributed by atoms with Crippen molar-refractivity contribution in [1.82, 2.24) is 39.9 Å². The van der Waals surface area contributed by atoms with Crippen LogP contribution in [0.15, 0.2) is 6.07 Å². The molecule has 208 valence electrons. The molecule has 0 aromatic carbocycles. The molecule has 3 aromatic heterocycles. The summed E-state index contributed by atoms with van der Waals surface area (Å²) < 4.78 is 13.9. The number of aromatic amines is 1. The molecule has 1 atom stereocenters. The van der Waals surface area contributed by atoms with Crippen LogP contribution in [0, 0.1) is 12.7 Å². The Balaban J connectivity index is 1.23. The molecule has 2 saturated heterocycles. The molecule has 0 aliphatic carbocycles. The van der Waals surface area contributed by atoms with Crippen LogP contribution >= 0.6 is 23.2 Å². The summed E-state index contributed by atoms with van der Waals surface area (Å²) in [7, 11) is 0. The van der Waals surface area contributed by atoms with Gasteiger partial charge in [0.1, 0.15) is 11.6 Å². The van der Waals surface area contributed by atoms with Crippen molar-refractivity contribution in [3.63, 3.8) is 0 Å². The molecule has 0 radical (unpaired) electrons. The fourth-order valence-electron chi connectivity index (χ4n) is 5.37. The Bertz CT molecular complexity index is 1380. The number of likely N-dealkylation sites (tertiary alicyclic amines) is 1. The van der Waals surface area contributed by atoms with Gasteiger partial charge < -0.3 is 26.3 Å². The molecule has 2 fully saturated rings. The first-order chi connectivity index (χ1) is 18.7. The molecule has 15 heteroatoms. The minimum Gasteiger partial charge on any atom is -0.383 e. The minimum absolute atomic E-state index is 0.0390. The molecule has 5 rings (SSSR count). The van der Waals surface area contributed by atoms with E-state index in [4.69, 9.17) is 34.7 Å². The number of piperazine rings is 1. The van der Waals surface area contributed by atoms with Gasteiger partial charge in [-0.25, -0.2) is 19.3 Å². The van der Waals surface area contributed by atoms with E-state index in [9.17, 15) is 9.18 Å². The summed E-state index contributed by atoms with van der Waals surface area (Å²) in [6.07, 6.45) is 2.52. The molecule has 2 aliphatic heterocycles. The van der Waals surface area contributed by atoms with E-state index in [0.29, 0.717) is 48.8 Å². The van der Waals surface area contributed by atoms with E-state index in [2.05, 4.69) is 46.9 Å². The number of nitrogens with one attached hydrogen (secondary N) is 1. The molecule has 2 aliphatic rings. The van der Waals surface area contributed by atoms with Crippen molar-refractivity contribution in [3.8, 4) is 11.5 Å². The molecular weight excluding hydrogens is 548 g/mol. The van der Waals surface area contributed by atoms with Gasteiger partial charge in [0.05, 0.1) is 5.56 Å². The van der Waals surface area contributed by atoms with Gasteiger partial charge >= 0.3 is 0 Å². The van der Waals surface area contributed by atoms with Gasteiger partial charge in [-0.05, 0) is 32.3 Å². The number of amides is 1. The highest BCUT2D eigenvalue weighted by Gasteiger charge is 2.35. The second-order valence-corrected chi connectivity index (χ2v) is 10.5. The van der Waals surface area contributed by atoms with Crippen LogP contribution < -0.4 is 16.4 Å². The normalized spacial score (nSPS) is 19.1. The Hall–Kier alpha value is -3.29. The lowest BCUT2D eigenvalue weighted by Crippen LogP contribution is -2.58. The van der Waals surface area contributed by atoms with Crippen LogP contribution in [0.5, 0.6) is 0 Å². The Morgan fingerprint density at radius 2 is 1.82 bits per heavy atom. The van der Waals surface area contributed by atoms with Crippen LogP contribution in [0.3, 0.4) is 0 Å². The first-order valence-corrected chi connectivity index (χ1v) is 13.6. The molecule has 0 saturated carbocycles. The van der Waals surface area contributed by atoms with Gasteiger partial charge in [0, 0.05) is 44.8 Å². The number of aryl methyl sites for hydroxylation is 1. The highest BCUT2D eigenvalue weighted by atomic mass is 35.5. The van der Waals surface area contributed by atoms with Gasteiger partial charge in [0.15, 0.2) is 39.3 Å². The number of hydrogen-bond acceptors (Lipinski definition) is 10. The third-order valence-corrected chi connectivity index (χ3v) is 7.92. The number of piperidine rings is 1. The lowest BCUT2D eigenvalue weighted by molar-refractivity contribution is 0.0491. The van der Waals surface area contributed by atoms with Gasteiger partial charge in [-0.3, -0.25) is 9.69 Å². The summed E-state index contributed by atoms with van der Waals surface area (Å²) in [5.74, 6) is 0.684. The van der Waals surface area contributed by atoms with E-state index in [-0.39, 0.29) is 39.5 Å². The monoisotopic (exact) mass is 577 g/mol. The molecule has 0 bridgehead atoms. The maximum absolute atomic E-state index is 13.9. The molecule has 0 unspecified atom stereocenters. The topological polar surface area (TPSA) is 159 Å². The Kier molecular flexibility index (Phi) is 7.74. The number of carbonyl (C=O) groups excluding carboxylic acids is 1. The fraction of sp³-hybridized carbons (Fsp3) is 0.500. The van der Waals surface area contributed by atoms with Gasteiger partial charge in [-0.2, -0.15) is 0 Å². The molecular formula is C24H30Cl2FN11O. The molecule has 0 spiro atoms. The van der Waals surface area contributed by atoms with E-state index >= 15 is 0 Å². The predicted molar refractivity (Wildman–Crippen MR) is 147 cm³/mol. The lowest BCUT2D eigenvalue weighted by Gasteiger charge is -2.47. The number of rotatable bonds is 5. The van der Waals surface area contributed by atoms with Crippen LogP contribution in [-0.2, 0) is 0 Å². The Labute approximate surface area is 234 Å². The Morgan fingerprint density at radius 1 is 1.08 bits per heavy atom. The lowest BCUT2D eigenvalue weighted by atomic mass is 9.97. The van der Waals surface area contributed by atoms with Crippen LogP contribution in [-0.4, -0.2) is 90.6 Å². The standard InChI is InChI=1S/C24H30Cl2FN11O/c1-3-13-11-37(23-19(26)31-17(21(29)33-23)22-30-12(2)34-35-22)8-9-38(13)14-4-6-36(7-5-14)24(39)15-10-16(27)18(25)32-20(15)28/h10,13-14H,3-9,11H2,1-2H3,(H2,28,32)(H2,29,33)(H,30,34,35)/t13-/m0/s1.